The third-order valence-corrected chi connectivity index (χ3v) is 5.11. The number of benzene rings is 1. The fourth-order valence-corrected chi connectivity index (χ4v) is 3.95. The standard InChI is InChI=1S/C17H26FNS/c1-3-4-5-6-7-13(2)19-16-10-11-20-17-9-8-14(18)12-15(16)17/h8-9,12-13,16,19H,3-7,10-11H2,1-2H3. The van der Waals surface area contributed by atoms with Crippen molar-refractivity contribution >= 4 is 11.8 Å². The number of fused-ring (bicyclic) bond motifs is 1. The van der Waals surface area contributed by atoms with Crippen LogP contribution in [-0.2, 0) is 0 Å². The van der Waals surface area contributed by atoms with E-state index in [2.05, 4.69) is 19.2 Å². The number of unbranched alkanes of at least 4 members (excludes halogenated alkanes) is 3. The highest BCUT2D eigenvalue weighted by molar-refractivity contribution is 7.99. The lowest BCUT2D eigenvalue weighted by Crippen LogP contribution is -2.32. The first-order valence-corrected chi connectivity index (χ1v) is 8.87. The minimum Gasteiger partial charge on any atom is -0.307 e. The van der Waals surface area contributed by atoms with Crippen LogP contribution in [0.15, 0.2) is 23.1 Å². The van der Waals surface area contributed by atoms with Gasteiger partial charge in [0, 0.05) is 17.0 Å². The molecule has 112 valence electrons. The van der Waals surface area contributed by atoms with Gasteiger partial charge in [0.1, 0.15) is 5.82 Å². The highest BCUT2D eigenvalue weighted by atomic mass is 32.2. The van der Waals surface area contributed by atoms with Gasteiger partial charge in [-0.05, 0) is 49.3 Å². The monoisotopic (exact) mass is 295 g/mol. The summed E-state index contributed by atoms with van der Waals surface area (Å²) < 4.78 is 13.5. The van der Waals surface area contributed by atoms with Gasteiger partial charge in [0.25, 0.3) is 0 Å². The Labute approximate surface area is 126 Å². The molecule has 1 N–H and O–H groups in total. The molecule has 0 fully saturated rings. The number of thioether (sulfide) groups is 1. The van der Waals surface area contributed by atoms with Crippen LogP contribution in [0.25, 0.3) is 0 Å². The second-order valence-electron chi connectivity index (χ2n) is 5.79. The molecule has 0 aliphatic carbocycles. The second kappa shape index (κ2) is 8.04. The molecule has 1 aromatic rings. The van der Waals surface area contributed by atoms with E-state index in [4.69, 9.17) is 0 Å². The zero-order valence-corrected chi connectivity index (χ0v) is 13.4. The molecule has 1 nitrogen and oxygen atoms in total. The Kier molecular flexibility index (Phi) is 6.37. The van der Waals surface area contributed by atoms with Crippen LogP contribution in [0.3, 0.4) is 0 Å². The van der Waals surface area contributed by atoms with Crippen molar-refractivity contribution in [3.05, 3.63) is 29.6 Å². The smallest absolute Gasteiger partial charge is 0.123 e. The quantitative estimate of drug-likeness (QED) is 0.684. The lowest BCUT2D eigenvalue weighted by molar-refractivity contribution is 0.408. The van der Waals surface area contributed by atoms with Gasteiger partial charge in [-0.3, -0.25) is 0 Å². The van der Waals surface area contributed by atoms with Crippen LogP contribution in [-0.4, -0.2) is 11.8 Å². The molecule has 20 heavy (non-hydrogen) atoms. The van der Waals surface area contributed by atoms with Gasteiger partial charge in [-0.1, -0.05) is 32.6 Å². The van der Waals surface area contributed by atoms with Gasteiger partial charge in [-0.15, -0.1) is 11.8 Å². The molecule has 0 aromatic heterocycles. The number of hydrogen-bond donors (Lipinski definition) is 1. The molecule has 1 aliphatic heterocycles. The van der Waals surface area contributed by atoms with E-state index in [9.17, 15) is 4.39 Å². The van der Waals surface area contributed by atoms with Crippen molar-refractivity contribution in [2.24, 2.45) is 0 Å². The first-order valence-electron chi connectivity index (χ1n) is 7.89. The van der Waals surface area contributed by atoms with E-state index in [0.717, 1.165) is 17.7 Å². The molecule has 2 unspecified atom stereocenters. The summed E-state index contributed by atoms with van der Waals surface area (Å²) in [7, 11) is 0. The largest absolute Gasteiger partial charge is 0.307 e. The minimum atomic E-state index is -0.117. The zero-order chi connectivity index (χ0) is 14.4. The predicted octanol–water partition coefficient (Wildman–Crippen LogP) is 5.31. The minimum absolute atomic E-state index is 0.117. The zero-order valence-electron chi connectivity index (χ0n) is 12.6. The summed E-state index contributed by atoms with van der Waals surface area (Å²) >= 11 is 1.85. The Bertz CT molecular complexity index is 421. The number of halogens is 1. The van der Waals surface area contributed by atoms with Gasteiger partial charge in [-0.2, -0.15) is 0 Å². The fraction of sp³-hybridized carbons (Fsp3) is 0.647. The second-order valence-corrected chi connectivity index (χ2v) is 6.93. The Morgan fingerprint density at radius 3 is 3.00 bits per heavy atom. The molecule has 1 aromatic carbocycles. The number of hydrogen-bond acceptors (Lipinski definition) is 2. The lowest BCUT2D eigenvalue weighted by Gasteiger charge is -2.29. The molecule has 0 saturated carbocycles. The van der Waals surface area contributed by atoms with E-state index in [-0.39, 0.29) is 5.82 Å². The molecule has 1 aliphatic rings. The first-order chi connectivity index (χ1) is 9.70. The van der Waals surface area contributed by atoms with Crippen LogP contribution in [0.2, 0.25) is 0 Å². The van der Waals surface area contributed by atoms with Gasteiger partial charge < -0.3 is 5.32 Å². The average Bonchev–Trinajstić information content (AvgIpc) is 2.44. The third kappa shape index (κ3) is 4.49. The third-order valence-electron chi connectivity index (χ3n) is 3.99. The van der Waals surface area contributed by atoms with Crippen molar-refractivity contribution in [3.63, 3.8) is 0 Å². The lowest BCUT2D eigenvalue weighted by atomic mass is 10.0. The van der Waals surface area contributed by atoms with Crippen LogP contribution in [0.5, 0.6) is 0 Å². The van der Waals surface area contributed by atoms with Crippen LogP contribution < -0.4 is 5.32 Å². The van der Waals surface area contributed by atoms with E-state index in [0.29, 0.717) is 12.1 Å². The Balaban J connectivity index is 1.89. The maximum absolute atomic E-state index is 13.5. The maximum atomic E-state index is 13.5. The van der Waals surface area contributed by atoms with Crippen molar-refractivity contribution in [2.75, 3.05) is 5.75 Å². The Morgan fingerprint density at radius 1 is 1.35 bits per heavy atom. The summed E-state index contributed by atoms with van der Waals surface area (Å²) in [4.78, 5) is 1.24. The first kappa shape index (κ1) is 15.8. The van der Waals surface area contributed by atoms with Gasteiger partial charge in [-0.25, -0.2) is 4.39 Å². The van der Waals surface area contributed by atoms with Crippen molar-refractivity contribution in [3.8, 4) is 0 Å². The number of rotatable bonds is 7. The molecule has 2 rings (SSSR count). The maximum Gasteiger partial charge on any atom is 0.123 e. The van der Waals surface area contributed by atoms with Crippen LogP contribution in [0.1, 0.15) is 64.0 Å². The molecule has 0 amide bonds. The normalized spacial score (nSPS) is 19.6. The summed E-state index contributed by atoms with van der Waals surface area (Å²) in [6.45, 7) is 4.50. The van der Waals surface area contributed by atoms with Crippen LogP contribution in [0, 0.1) is 5.82 Å². The van der Waals surface area contributed by atoms with Crippen LogP contribution >= 0.6 is 11.8 Å². The Hall–Kier alpha value is -0.540. The summed E-state index contributed by atoms with van der Waals surface area (Å²) in [5.74, 6) is 1.01. The number of nitrogens with one attached hydrogen (secondary N) is 1. The summed E-state index contributed by atoms with van der Waals surface area (Å²) in [5.41, 5.74) is 1.15. The molecular formula is C17H26FNS. The molecule has 0 spiro atoms. The van der Waals surface area contributed by atoms with Gasteiger partial charge in [0.15, 0.2) is 0 Å². The molecule has 2 atom stereocenters. The average molecular weight is 295 g/mol. The van der Waals surface area contributed by atoms with E-state index in [1.807, 2.05) is 17.8 Å². The highest BCUT2D eigenvalue weighted by Crippen LogP contribution is 2.36. The molecule has 0 saturated heterocycles. The summed E-state index contributed by atoms with van der Waals surface area (Å²) in [6, 6.07) is 6.04. The predicted molar refractivity (Wildman–Crippen MR) is 85.8 cm³/mol. The highest BCUT2D eigenvalue weighted by Gasteiger charge is 2.22. The van der Waals surface area contributed by atoms with E-state index < -0.39 is 0 Å². The van der Waals surface area contributed by atoms with E-state index >= 15 is 0 Å². The van der Waals surface area contributed by atoms with Crippen molar-refractivity contribution < 1.29 is 4.39 Å². The van der Waals surface area contributed by atoms with Gasteiger partial charge in [0.05, 0.1) is 0 Å². The van der Waals surface area contributed by atoms with Gasteiger partial charge >= 0.3 is 0 Å². The van der Waals surface area contributed by atoms with Gasteiger partial charge in [0.2, 0.25) is 0 Å². The molecular weight excluding hydrogens is 269 g/mol. The summed E-state index contributed by atoms with van der Waals surface area (Å²) in [5, 5.41) is 3.70. The van der Waals surface area contributed by atoms with Crippen molar-refractivity contribution in [2.45, 2.75) is 69.4 Å². The topological polar surface area (TPSA) is 12.0 Å². The van der Waals surface area contributed by atoms with E-state index in [1.54, 1.807) is 12.1 Å². The van der Waals surface area contributed by atoms with Crippen molar-refractivity contribution in [1.29, 1.82) is 0 Å². The molecule has 0 bridgehead atoms. The van der Waals surface area contributed by atoms with E-state index in [1.165, 1.54) is 37.0 Å². The molecule has 0 radical (unpaired) electrons. The SMILES string of the molecule is CCCCCCC(C)NC1CCSc2ccc(F)cc21. The fourth-order valence-electron chi connectivity index (χ4n) is 2.84. The van der Waals surface area contributed by atoms with Crippen molar-refractivity contribution in [1.82, 2.24) is 5.32 Å². The molecule has 3 heteroatoms. The summed E-state index contributed by atoms with van der Waals surface area (Å²) in [6.07, 6.45) is 7.55. The molecule has 1 heterocycles. The Morgan fingerprint density at radius 2 is 2.20 bits per heavy atom. The van der Waals surface area contributed by atoms with Crippen LogP contribution in [0.4, 0.5) is 4.39 Å².